The van der Waals surface area contributed by atoms with E-state index in [1.807, 2.05) is 0 Å². The van der Waals surface area contributed by atoms with Crippen molar-refractivity contribution in [3.63, 3.8) is 0 Å². The zero-order chi connectivity index (χ0) is 13.5. The monoisotopic (exact) mass is 267 g/mol. The number of aromatic nitrogens is 1. The third-order valence-electron chi connectivity index (χ3n) is 2.43. The maximum atomic E-state index is 11.2. The number of pyridine rings is 1. The molecule has 0 aliphatic rings. The van der Waals surface area contributed by atoms with Crippen molar-refractivity contribution < 1.29 is 22.9 Å². The van der Waals surface area contributed by atoms with Gasteiger partial charge in [0.05, 0.1) is 0 Å². The van der Waals surface area contributed by atoms with Gasteiger partial charge in [0.15, 0.2) is 5.78 Å². The minimum Gasteiger partial charge on any atom is -0.506 e. The Labute approximate surface area is 103 Å². The Bertz CT molecular complexity index is 751. The van der Waals surface area contributed by atoms with E-state index in [0.29, 0.717) is 0 Å². The topological polar surface area (TPSA) is 105 Å². The number of hydrogen-bond acceptors (Lipinski definition) is 5. The predicted molar refractivity (Wildman–Crippen MR) is 63.2 cm³/mol. The zero-order valence-electron chi connectivity index (χ0n) is 9.28. The molecule has 18 heavy (non-hydrogen) atoms. The number of ketones is 1. The summed E-state index contributed by atoms with van der Waals surface area (Å²) in [7, 11) is -4.42. The number of rotatable bonds is 2. The number of phenolic OH excluding ortho intramolecular Hbond substituents is 1. The Kier molecular flexibility index (Phi) is 2.80. The van der Waals surface area contributed by atoms with Crippen LogP contribution in [0.25, 0.3) is 10.9 Å². The van der Waals surface area contributed by atoms with Gasteiger partial charge in [0.25, 0.3) is 10.1 Å². The molecule has 0 aliphatic carbocycles. The quantitative estimate of drug-likeness (QED) is 0.629. The highest BCUT2D eigenvalue weighted by atomic mass is 32.2. The summed E-state index contributed by atoms with van der Waals surface area (Å²) in [4.78, 5) is 14.7. The van der Waals surface area contributed by atoms with Crippen LogP contribution in [0.5, 0.6) is 5.75 Å². The van der Waals surface area contributed by atoms with E-state index in [2.05, 4.69) is 4.98 Å². The van der Waals surface area contributed by atoms with Crippen LogP contribution in [0, 0.1) is 0 Å². The lowest BCUT2D eigenvalue weighted by Crippen LogP contribution is -2.02. The van der Waals surface area contributed by atoms with Gasteiger partial charge in [0.2, 0.25) is 0 Å². The fourth-order valence-electron chi connectivity index (χ4n) is 1.60. The molecular formula is C11H9NO5S. The molecule has 0 fully saturated rings. The largest absolute Gasteiger partial charge is 0.506 e. The number of phenols is 1. The Hall–Kier alpha value is -1.99. The van der Waals surface area contributed by atoms with Crippen LogP contribution in [-0.4, -0.2) is 28.8 Å². The van der Waals surface area contributed by atoms with Gasteiger partial charge in [-0.25, -0.2) is 4.98 Å². The molecular weight excluding hydrogens is 258 g/mol. The molecule has 1 aromatic carbocycles. The number of nitrogens with zero attached hydrogens (tertiary/aromatic N) is 1. The average Bonchev–Trinajstić information content (AvgIpc) is 2.27. The number of aromatic hydroxyl groups is 1. The smallest absolute Gasteiger partial charge is 0.295 e. The second-order valence-electron chi connectivity index (χ2n) is 3.71. The van der Waals surface area contributed by atoms with E-state index in [4.69, 9.17) is 4.55 Å². The van der Waals surface area contributed by atoms with Gasteiger partial charge in [-0.2, -0.15) is 8.42 Å². The number of carbonyl (C=O) groups is 1. The van der Waals surface area contributed by atoms with Crippen molar-refractivity contribution in [1.29, 1.82) is 0 Å². The molecule has 7 heteroatoms. The van der Waals surface area contributed by atoms with Crippen LogP contribution in [0.4, 0.5) is 0 Å². The van der Waals surface area contributed by atoms with Gasteiger partial charge in [-0.1, -0.05) is 0 Å². The standard InChI is InChI=1S/C11H9NO5S/c1-6(13)8-3-2-7-10(18(15,16)17)5-4-9(14)11(7)12-8/h2-5,14H,1H3,(H,15,16,17). The molecule has 0 amide bonds. The Morgan fingerprint density at radius 2 is 1.89 bits per heavy atom. The first-order chi connectivity index (χ1) is 8.30. The first kappa shape index (κ1) is 12.5. The van der Waals surface area contributed by atoms with Crippen molar-refractivity contribution in [2.75, 3.05) is 0 Å². The summed E-state index contributed by atoms with van der Waals surface area (Å²) in [5, 5.41) is 9.68. The van der Waals surface area contributed by atoms with Crippen LogP contribution in [0.2, 0.25) is 0 Å². The molecule has 0 atom stereocenters. The number of carbonyl (C=O) groups excluding carboxylic acids is 1. The van der Waals surface area contributed by atoms with Gasteiger partial charge >= 0.3 is 0 Å². The molecule has 0 spiro atoms. The van der Waals surface area contributed by atoms with Crippen molar-refractivity contribution in [2.45, 2.75) is 11.8 Å². The van der Waals surface area contributed by atoms with E-state index >= 15 is 0 Å². The number of benzene rings is 1. The van der Waals surface area contributed by atoms with Gasteiger partial charge in [-0.3, -0.25) is 9.35 Å². The summed E-state index contributed by atoms with van der Waals surface area (Å²) in [6, 6.07) is 4.82. The summed E-state index contributed by atoms with van der Waals surface area (Å²) in [6.07, 6.45) is 0. The molecule has 0 aliphatic heterocycles. The average molecular weight is 267 g/mol. The summed E-state index contributed by atoms with van der Waals surface area (Å²) >= 11 is 0. The van der Waals surface area contributed by atoms with E-state index in [9.17, 15) is 18.3 Å². The van der Waals surface area contributed by atoms with Gasteiger partial charge in [0.1, 0.15) is 21.9 Å². The van der Waals surface area contributed by atoms with Crippen molar-refractivity contribution in [3.05, 3.63) is 30.0 Å². The zero-order valence-corrected chi connectivity index (χ0v) is 10.1. The Morgan fingerprint density at radius 1 is 1.22 bits per heavy atom. The lowest BCUT2D eigenvalue weighted by Gasteiger charge is -2.06. The fourth-order valence-corrected chi connectivity index (χ4v) is 2.28. The molecule has 1 heterocycles. The SMILES string of the molecule is CC(=O)c1ccc2c(S(=O)(=O)O)ccc(O)c2n1. The second kappa shape index (κ2) is 4.04. The Balaban J connectivity index is 2.89. The summed E-state index contributed by atoms with van der Waals surface area (Å²) in [5.74, 6) is -0.575. The highest BCUT2D eigenvalue weighted by Crippen LogP contribution is 2.28. The van der Waals surface area contributed by atoms with E-state index in [1.165, 1.54) is 19.1 Å². The molecule has 0 radical (unpaired) electrons. The van der Waals surface area contributed by atoms with Crippen LogP contribution in [0.1, 0.15) is 17.4 Å². The molecule has 2 aromatic rings. The van der Waals surface area contributed by atoms with Crippen LogP contribution >= 0.6 is 0 Å². The summed E-state index contributed by atoms with van der Waals surface area (Å²) in [5.41, 5.74) is 0.0584. The Morgan fingerprint density at radius 3 is 2.44 bits per heavy atom. The van der Waals surface area contributed by atoms with Gasteiger partial charge in [-0.15, -0.1) is 0 Å². The van der Waals surface area contributed by atoms with Crippen molar-refractivity contribution in [1.82, 2.24) is 4.98 Å². The molecule has 0 unspecified atom stereocenters. The first-order valence-corrected chi connectivity index (χ1v) is 6.36. The summed E-state index contributed by atoms with van der Waals surface area (Å²) < 4.78 is 31.4. The number of fused-ring (bicyclic) bond motifs is 1. The lowest BCUT2D eigenvalue weighted by molar-refractivity contribution is 0.101. The normalized spacial score (nSPS) is 11.7. The summed E-state index contributed by atoms with van der Waals surface area (Å²) in [6.45, 7) is 1.30. The van der Waals surface area contributed by atoms with Gasteiger partial charge in [0, 0.05) is 12.3 Å². The molecule has 0 bridgehead atoms. The van der Waals surface area contributed by atoms with Gasteiger partial charge < -0.3 is 5.11 Å². The van der Waals surface area contributed by atoms with E-state index in [1.54, 1.807) is 0 Å². The molecule has 2 N–H and O–H groups in total. The molecule has 2 rings (SSSR count). The molecule has 94 valence electrons. The van der Waals surface area contributed by atoms with Crippen molar-refractivity contribution >= 4 is 26.8 Å². The first-order valence-electron chi connectivity index (χ1n) is 4.92. The fraction of sp³-hybridized carbons (Fsp3) is 0.0909. The number of hydrogen-bond donors (Lipinski definition) is 2. The minimum absolute atomic E-state index is 0.0437. The lowest BCUT2D eigenvalue weighted by atomic mass is 10.1. The van der Waals surface area contributed by atoms with Crippen molar-refractivity contribution in [2.24, 2.45) is 0 Å². The maximum absolute atomic E-state index is 11.2. The molecule has 6 nitrogen and oxygen atoms in total. The third-order valence-corrected chi connectivity index (χ3v) is 3.35. The van der Waals surface area contributed by atoms with E-state index in [-0.39, 0.29) is 33.0 Å². The van der Waals surface area contributed by atoms with Crippen LogP contribution in [0.3, 0.4) is 0 Å². The highest BCUT2D eigenvalue weighted by molar-refractivity contribution is 7.86. The van der Waals surface area contributed by atoms with Crippen LogP contribution in [-0.2, 0) is 10.1 Å². The predicted octanol–water partition coefficient (Wildman–Crippen LogP) is 1.39. The number of Topliss-reactive ketones (excluding diaryl/α,β-unsaturated/α-hetero) is 1. The highest BCUT2D eigenvalue weighted by Gasteiger charge is 2.17. The second-order valence-corrected chi connectivity index (χ2v) is 5.10. The van der Waals surface area contributed by atoms with Gasteiger partial charge in [-0.05, 0) is 24.3 Å². The van der Waals surface area contributed by atoms with Crippen LogP contribution < -0.4 is 0 Å². The van der Waals surface area contributed by atoms with E-state index < -0.39 is 10.1 Å². The molecule has 0 saturated heterocycles. The minimum atomic E-state index is -4.42. The maximum Gasteiger partial charge on any atom is 0.295 e. The van der Waals surface area contributed by atoms with E-state index in [0.717, 1.165) is 12.1 Å². The van der Waals surface area contributed by atoms with Crippen LogP contribution in [0.15, 0.2) is 29.2 Å². The van der Waals surface area contributed by atoms with Crippen molar-refractivity contribution in [3.8, 4) is 5.75 Å². The molecule has 0 saturated carbocycles. The third kappa shape index (κ3) is 2.05. The molecule has 1 aromatic heterocycles.